The lowest BCUT2D eigenvalue weighted by atomic mass is 10.3. The number of rotatable bonds is 9. The SMILES string of the molecule is COCCCNC(=O)/C(C#N)=C\NCCCO. The van der Waals surface area contributed by atoms with Crippen LogP contribution in [-0.2, 0) is 9.53 Å². The summed E-state index contributed by atoms with van der Waals surface area (Å²) in [6, 6.07) is 1.81. The van der Waals surface area contributed by atoms with Crippen LogP contribution in [0.1, 0.15) is 12.8 Å². The van der Waals surface area contributed by atoms with Gasteiger partial charge in [-0.3, -0.25) is 4.79 Å². The highest BCUT2D eigenvalue weighted by molar-refractivity contribution is 5.97. The smallest absolute Gasteiger partial charge is 0.263 e. The number of carbonyl (C=O) groups excluding carboxylic acids is 1. The molecule has 0 bridgehead atoms. The molecule has 0 radical (unpaired) electrons. The molecule has 0 aliphatic heterocycles. The molecule has 0 aromatic rings. The topological polar surface area (TPSA) is 94.4 Å². The highest BCUT2D eigenvalue weighted by atomic mass is 16.5. The second kappa shape index (κ2) is 10.9. The number of nitrogens with zero attached hydrogens (tertiary/aromatic N) is 1. The molecule has 6 nitrogen and oxygen atoms in total. The monoisotopic (exact) mass is 241 g/mol. The van der Waals surface area contributed by atoms with Crippen molar-refractivity contribution in [1.82, 2.24) is 10.6 Å². The number of nitriles is 1. The number of hydrogen-bond acceptors (Lipinski definition) is 5. The molecule has 96 valence electrons. The van der Waals surface area contributed by atoms with Gasteiger partial charge in [-0.15, -0.1) is 0 Å². The standard InChI is InChI=1S/C11H19N3O3/c1-17-7-3-5-14-11(16)10(8-12)9-13-4-2-6-15/h9,13,15H,2-7H2,1H3,(H,14,16)/b10-9-. The van der Waals surface area contributed by atoms with Crippen molar-refractivity contribution in [2.45, 2.75) is 12.8 Å². The zero-order valence-corrected chi connectivity index (χ0v) is 10.0. The van der Waals surface area contributed by atoms with Gasteiger partial charge in [0.1, 0.15) is 11.6 Å². The summed E-state index contributed by atoms with van der Waals surface area (Å²) < 4.78 is 4.84. The molecule has 0 aliphatic rings. The highest BCUT2D eigenvalue weighted by Crippen LogP contribution is 1.91. The fourth-order valence-corrected chi connectivity index (χ4v) is 1.02. The summed E-state index contributed by atoms with van der Waals surface area (Å²) in [6.07, 6.45) is 2.64. The summed E-state index contributed by atoms with van der Waals surface area (Å²) in [5.74, 6) is -0.403. The second-order valence-corrected chi connectivity index (χ2v) is 3.30. The third-order valence-corrected chi connectivity index (χ3v) is 1.90. The number of ether oxygens (including phenoxy) is 1. The van der Waals surface area contributed by atoms with E-state index in [1.165, 1.54) is 6.20 Å². The maximum Gasteiger partial charge on any atom is 0.263 e. The molecule has 1 amide bonds. The molecule has 6 heteroatoms. The lowest BCUT2D eigenvalue weighted by Gasteiger charge is -2.04. The van der Waals surface area contributed by atoms with Crippen LogP contribution in [-0.4, -0.2) is 44.4 Å². The average molecular weight is 241 g/mol. The molecular weight excluding hydrogens is 222 g/mol. The Kier molecular flexibility index (Phi) is 9.91. The number of aliphatic hydroxyl groups excluding tert-OH is 1. The van der Waals surface area contributed by atoms with Crippen molar-refractivity contribution in [3.63, 3.8) is 0 Å². The van der Waals surface area contributed by atoms with Crippen LogP contribution in [0.3, 0.4) is 0 Å². The van der Waals surface area contributed by atoms with Crippen LogP contribution >= 0.6 is 0 Å². The number of nitrogens with one attached hydrogen (secondary N) is 2. The fraction of sp³-hybridized carbons (Fsp3) is 0.636. The molecule has 0 spiro atoms. The highest BCUT2D eigenvalue weighted by Gasteiger charge is 2.06. The van der Waals surface area contributed by atoms with E-state index in [4.69, 9.17) is 15.1 Å². The van der Waals surface area contributed by atoms with Crippen molar-refractivity contribution in [3.8, 4) is 6.07 Å². The summed E-state index contributed by atoms with van der Waals surface area (Å²) in [5, 5.41) is 22.7. The summed E-state index contributed by atoms with van der Waals surface area (Å²) in [5.41, 5.74) is 0.0281. The van der Waals surface area contributed by atoms with Crippen LogP contribution in [0.25, 0.3) is 0 Å². The van der Waals surface area contributed by atoms with Crippen LogP contribution in [0, 0.1) is 11.3 Å². The number of methoxy groups -OCH3 is 1. The third kappa shape index (κ3) is 8.25. The van der Waals surface area contributed by atoms with Crippen molar-refractivity contribution in [1.29, 1.82) is 5.26 Å². The van der Waals surface area contributed by atoms with Crippen LogP contribution in [0.4, 0.5) is 0 Å². The number of carbonyl (C=O) groups is 1. The first kappa shape index (κ1) is 15.4. The predicted molar refractivity (Wildman–Crippen MR) is 62.9 cm³/mol. The fourth-order valence-electron chi connectivity index (χ4n) is 1.02. The van der Waals surface area contributed by atoms with Gasteiger partial charge in [-0.1, -0.05) is 0 Å². The lowest BCUT2D eigenvalue weighted by molar-refractivity contribution is -0.117. The molecule has 0 aliphatic carbocycles. The first-order chi connectivity index (χ1) is 8.26. The van der Waals surface area contributed by atoms with Crippen LogP contribution in [0.5, 0.6) is 0 Å². The zero-order valence-electron chi connectivity index (χ0n) is 10.0. The molecule has 0 saturated heterocycles. The molecule has 3 N–H and O–H groups in total. The molecule has 0 rings (SSSR count). The summed E-state index contributed by atoms with van der Waals surface area (Å²) in [6.45, 7) is 1.65. The molecule has 0 aromatic heterocycles. The summed E-state index contributed by atoms with van der Waals surface area (Å²) in [7, 11) is 1.59. The first-order valence-corrected chi connectivity index (χ1v) is 5.48. The number of amides is 1. The normalized spacial score (nSPS) is 10.8. The van der Waals surface area contributed by atoms with Gasteiger partial charge >= 0.3 is 0 Å². The molecule has 0 atom stereocenters. The van der Waals surface area contributed by atoms with Crippen LogP contribution in [0.2, 0.25) is 0 Å². The van der Waals surface area contributed by atoms with E-state index in [-0.39, 0.29) is 12.2 Å². The van der Waals surface area contributed by atoms with Crippen molar-refractivity contribution < 1.29 is 14.6 Å². The Labute approximate surface area is 101 Å². The van der Waals surface area contributed by atoms with Crippen molar-refractivity contribution in [2.75, 3.05) is 33.4 Å². The van der Waals surface area contributed by atoms with Gasteiger partial charge < -0.3 is 20.5 Å². The van der Waals surface area contributed by atoms with E-state index in [1.807, 2.05) is 6.07 Å². The molecule has 0 heterocycles. The second-order valence-electron chi connectivity index (χ2n) is 3.30. The molecule has 17 heavy (non-hydrogen) atoms. The van der Waals surface area contributed by atoms with Crippen molar-refractivity contribution >= 4 is 5.91 Å². The van der Waals surface area contributed by atoms with Crippen molar-refractivity contribution in [2.24, 2.45) is 0 Å². The van der Waals surface area contributed by atoms with E-state index in [0.29, 0.717) is 32.5 Å². The largest absolute Gasteiger partial charge is 0.396 e. The molecule has 0 aromatic carbocycles. The number of hydrogen-bond donors (Lipinski definition) is 3. The Morgan fingerprint density at radius 3 is 2.82 bits per heavy atom. The molecular formula is C11H19N3O3. The lowest BCUT2D eigenvalue weighted by Crippen LogP contribution is -2.27. The minimum absolute atomic E-state index is 0.0281. The summed E-state index contributed by atoms with van der Waals surface area (Å²) in [4.78, 5) is 11.5. The van der Waals surface area contributed by atoms with Gasteiger partial charge in [-0.25, -0.2) is 0 Å². The van der Waals surface area contributed by atoms with Gasteiger partial charge in [0.05, 0.1) is 0 Å². The average Bonchev–Trinajstić information content (AvgIpc) is 2.34. The van der Waals surface area contributed by atoms with Crippen molar-refractivity contribution in [3.05, 3.63) is 11.8 Å². The van der Waals surface area contributed by atoms with E-state index in [0.717, 1.165) is 0 Å². The quantitative estimate of drug-likeness (QED) is 0.288. The van der Waals surface area contributed by atoms with Gasteiger partial charge in [-0.2, -0.15) is 5.26 Å². The Balaban J connectivity index is 3.91. The van der Waals surface area contributed by atoms with Crippen LogP contribution < -0.4 is 10.6 Å². The Hall–Kier alpha value is -1.58. The van der Waals surface area contributed by atoms with E-state index < -0.39 is 5.91 Å². The van der Waals surface area contributed by atoms with E-state index >= 15 is 0 Å². The van der Waals surface area contributed by atoms with Gasteiger partial charge in [0.15, 0.2) is 0 Å². The maximum atomic E-state index is 11.5. The van der Waals surface area contributed by atoms with Gasteiger partial charge in [0.2, 0.25) is 0 Å². The Morgan fingerprint density at radius 2 is 2.24 bits per heavy atom. The minimum Gasteiger partial charge on any atom is -0.396 e. The minimum atomic E-state index is -0.403. The molecule has 0 saturated carbocycles. The van der Waals surface area contributed by atoms with E-state index in [1.54, 1.807) is 7.11 Å². The van der Waals surface area contributed by atoms with Crippen LogP contribution in [0.15, 0.2) is 11.8 Å². The van der Waals surface area contributed by atoms with E-state index in [2.05, 4.69) is 10.6 Å². The Bertz CT molecular complexity index is 284. The third-order valence-electron chi connectivity index (χ3n) is 1.90. The molecule has 0 unspecified atom stereocenters. The zero-order chi connectivity index (χ0) is 12.9. The number of aliphatic hydroxyl groups is 1. The predicted octanol–water partition coefficient (Wildman–Crippen LogP) is -0.481. The molecule has 0 fully saturated rings. The maximum absolute atomic E-state index is 11.5. The van der Waals surface area contributed by atoms with Gasteiger partial charge in [0, 0.05) is 39.6 Å². The summed E-state index contributed by atoms with van der Waals surface area (Å²) >= 11 is 0. The van der Waals surface area contributed by atoms with Gasteiger partial charge in [-0.05, 0) is 12.8 Å². The van der Waals surface area contributed by atoms with Gasteiger partial charge in [0.25, 0.3) is 5.91 Å². The van der Waals surface area contributed by atoms with E-state index in [9.17, 15) is 4.79 Å². The first-order valence-electron chi connectivity index (χ1n) is 5.48. The Morgan fingerprint density at radius 1 is 1.47 bits per heavy atom.